The number of quaternary nitrogens is 1. The van der Waals surface area contributed by atoms with Crippen LogP contribution < -0.4 is 4.90 Å². The second-order valence-corrected chi connectivity index (χ2v) is 8.16. The van der Waals surface area contributed by atoms with Crippen LogP contribution >= 0.6 is 12.2 Å². The highest BCUT2D eigenvalue weighted by Crippen LogP contribution is 2.40. The fraction of sp³-hybridized carbons (Fsp3) is 0.304. The van der Waals surface area contributed by atoms with Gasteiger partial charge in [-0.25, -0.2) is 0 Å². The summed E-state index contributed by atoms with van der Waals surface area (Å²) >= 11 is 5.84. The quantitative estimate of drug-likeness (QED) is 0.675. The van der Waals surface area contributed by atoms with Gasteiger partial charge in [-0.05, 0) is 54.4 Å². The first kappa shape index (κ1) is 17.6. The van der Waals surface area contributed by atoms with Gasteiger partial charge in [0.2, 0.25) is 4.77 Å². The Morgan fingerprint density at radius 2 is 1.71 bits per heavy atom. The van der Waals surface area contributed by atoms with Crippen LogP contribution in [-0.4, -0.2) is 27.4 Å². The van der Waals surface area contributed by atoms with Gasteiger partial charge in [-0.3, -0.25) is 4.57 Å². The summed E-state index contributed by atoms with van der Waals surface area (Å²) in [6.45, 7) is 2.96. The zero-order valence-electron chi connectivity index (χ0n) is 15.9. The van der Waals surface area contributed by atoms with E-state index in [0.29, 0.717) is 5.92 Å². The Kier molecular flexibility index (Phi) is 4.71. The molecule has 0 bridgehead atoms. The van der Waals surface area contributed by atoms with Gasteiger partial charge in [-0.1, -0.05) is 48.5 Å². The third-order valence-electron chi connectivity index (χ3n) is 5.72. The number of para-hydroxylation sites is 1. The molecule has 0 radical (unpaired) electrons. The smallest absolute Gasteiger partial charge is 0.207 e. The maximum Gasteiger partial charge on any atom is 0.207 e. The van der Waals surface area contributed by atoms with Gasteiger partial charge in [0.1, 0.15) is 5.82 Å². The second kappa shape index (κ2) is 7.49. The van der Waals surface area contributed by atoms with Crippen LogP contribution in [0.3, 0.4) is 0 Å². The Hall–Kier alpha value is -2.50. The molecule has 1 atom stereocenters. The number of benzene rings is 2. The third kappa shape index (κ3) is 3.48. The van der Waals surface area contributed by atoms with Gasteiger partial charge < -0.3 is 4.90 Å². The molecule has 5 heteroatoms. The lowest BCUT2D eigenvalue weighted by atomic mass is 10.00. The summed E-state index contributed by atoms with van der Waals surface area (Å²) in [5.74, 6) is 1.69. The van der Waals surface area contributed by atoms with Crippen molar-refractivity contribution in [3.8, 4) is 5.69 Å². The minimum Gasteiger partial charge on any atom is -0.313 e. The summed E-state index contributed by atoms with van der Waals surface area (Å²) in [6, 6.07) is 21.1. The monoisotopic (exact) mass is 389 g/mol. The van der Waals surface area contributed by atoms with Crippen molar-refractivity contribution in [1.82, 2.24) is 14.3 Å². The first-order chi connectivity index (χ1) is 13.8. The van der Waals surface area contributed by atoms with Gasteiger partial charge in [0.05, 0.1) is 13.1 Å². The summed E-state index contributed by atoms with van der Waals surface area (Å²) < 4.78 is 5.05. The van der Waals surface area contributed by atoms with Gasteiger partial charge in [0, 0.05) is 18.0 Å². The maximum absolute atomic E-state index is 5.84. The highest BCUT2D eigenvalue weighted by Gasteiger charge is 2.31. The Morgan fingerprint density at radius 1 is 1.00 bits per heavy atom. The predicted molar refractivity (Wildman–Crippen MR) is 114 cm³/mol. The van der Waals surface area contributed by atoms with Gasteiger partial charge >= 0.3 is 0 Å². The minimum absolute atomic E-state index is 0.559. The topological polar surface area (TPSA) is 27.2 Å². The van der Waals surface area contributed by atoms with E-state index in [1.165, 1.54) is 28.9 Å². The molecular formula is C23H25N4S+. The molecule has 2 aromatic carbocycles. The number of rotatable bonds is 5. The maximum atomic E-state index is 5.84. The van der Waals surface area contributed by atoms with E-state index in [4.69, 9.17) is 17.3 Å². The van der Waals surface area contributed by atoms with Crippen molar-refractivity contribution in [3.63, 3.8) is 0 Å². The van der Waals surface area contributed by atoms with Crippen molar-refractivity contribution in [2.45, 2.75) is 31.8 Å². The highest BCUT2D eigenvalue weighted by molar-refractivity contribution is 7.71. The summed E-state index contributed by atoms with van der Waals surface area (Å²) in [5.41, 5.74) is 3.93. The summed E-state index contributed by atoms with van der Waals surface area (Å²) in [7, 11) is 0. The molecule has 1 aliphatic heterocycles. The van der Waals surface area contributed by atoms with Crippen molar-refractivity contribution >= 4 is 17.8 Å². The highest BCUT2D eigenvalue weighted by atomic mass is 32.1. The van der Waals surface area contributed by atoms with E-state index in [2.05, 4.69) is 65.2 Å². The van der Waals surface area contributed by atoms with Crippen LogP contribution in [-0.2, 0) is 6.67 Å². The first-order valence-corrected chi connectivity index (χ1v) is 10.5. The zero-order chi connectivity index (χ0) is 18.9. The molecule has 0 saturated heterocycles. The van der Waals surface area contributed by atoms with Crippen LogP contribution in [0, 0.1) is 4.77 Å². The van der Waals surface area contributed by atoms with E-state index in [0.717, 1.165) is 42.5 Å². The molecule has 0 amide bonds. The largest absolute Gasteiger partial charge is 0.313 e. The molecular weight excluding hydrogens is 364 g/mol. The first-order valence-electron chi connectivity index (χ1n) is 10.1. The number of nitrogens with zero attached hydrogens (tertiary/aromatic N) is 3. The molecule has 1 unspecified atom stereocenters. The predicted octanol–water partition coefficient (Wildman–Crippen LogP) is 3.61. The number of nitrogens with one attached hydrogen (secondary N) is 1. The minimum atomic E-state index is 0.559. The molecule has 1 fully saturated rings. The molecule has 1 aliphatic carbocycles. The van der Waals surface area contributed by atoms with E-state index in [1.807, 2.05) is 10.7 Å². The Labute approximate surface area is 170 Å². The molecule has 5 rings (SSSR count). The van der Waals surface area contributed by atoms with Crippen molar-refractivity contribution in [3.05, 3.63) is 82.9 Å². The molecule has 142 valence electrons. The van der Waals surface area contributed by atoms with Gasteiger partial charge in [0.25, 0.3) is 0 Å². The van der Waals surface area contributed by atoms with Crippen molar-refractivity contribution in [2.24, 2.45) is 0 Å². The second-order valence-electron chi connectivity index (χ2n) is 7.79. The molecule has 1 N–H and O–H groups in total. The standard InChI is InChI=1S/C23H24N4S/c28-23-26(17-25-15-13-19(14-16-25)18-7-3-1-4-8-18)24-22(20-11-12-20)27(23)21-9-5-2-6-10-21/h1-10,13,20H,11-12,14-17H2/p+1. The van der Waals surface area contributed by atoms with E-state index in [1.54, 1.807) is 0 Å². The fourth-order valence-electron chi connectivity index (χ4n) is 4.01. The lowest BCUT2D eigenvalue weighted by Gasteiger charge is -2.23. The Bertz CT molecular complexity index is 1050. The molecule has 4 nitrogen and oxygen atoms in total. The SMILES string of the molecule is S=c1n(C[NH+]2CC=C(c3ccccc3)CC2)nc(C2CC2)n1-c1ccccc1. The van der Waals surface area contributed by atoms with E-state index < -0.39 is 0 Å². The molecule has 2 aliphatic rings. The van der Waals surface area contributed by atoms with E-state index in [-0.39, 0.29) is 0 Å². The molecule has 3 aromatic rings. The molecule has 1 saturated carbocycles. The zero-order valence-corrected chi connectivity index (χ0v) is 16.7. The third-order valence-corrected chi connectivity index (χ3v) is 6.12. The Balaban J connectivity index is 1.38. The fourth-order valence-corrected chi connectivity index (χ4v) is 4.31. The summed E-state index contributed by atoms with van der Waals surface area (Å²) in [4.78, 5) is 1.51. The van der Waals surface area contributed by atoms with Crippen molar-refractivity contribution in [2.75, 3.05) is 13.1 Å². The molecule has 1 aromatic heterocycles. The average Bonchev–Trinajstić information content (AvgIpc) is 3.55. The van der Waals surface area contributed by atoms with Gasteiger partial charge in [0.15, 0.2) is 6.67 Å². The van der Waals surface area contributed by atoms with Gasteiger partial charge in [-0.2, -0.15) is 9.78 Å². The van der Waals surface area contributed by atoms with E-state index >= 15 is 0 Å². The van der Waals surface area contributed by atoms with Gasteiger partial charge in [-0.15, -0.1) is 0 Å². The van der Waals surface area contributed by atoms with Crippen LogP contribution in [0.5, 0.6) is 0 Å². The number of hydrogen-bond donors (Lipinski definition) is 1. The molecule has 0 spiro atoms. The summed E-state index contributed by atoms with van der Waals surface area (Å²) in [5, 5.41) is 4.95. The van der Waals surface area contributed by atoms with Crippen LogP contribution in [0.15, 0.2) is 66.7 Å². The van der Waals surface area contributed by atoms with Crippen LogP contribution in [0.25, 0.3) is 11.3 Å². The average molecular weight is 390 g/mol. The molecule has 2 heterocycles. The van der Waals surface area contributed by atoms with Crippen LogP contribution in [0.2, 0.25) is 0 Å². The van der Waals surface area contributed by atoms with Crippen molar-refractivity contribution in [1.29, 1.82) is 0 Å². The Morgan fingerprint density at radius 3 is 2.36 bits per heavy atom. The normalized spacial score (nSPS) is 19.4. The number of hydrogen-bond acceptors (Lipinski definition) is 2. The van der Waals surface area contributed by atoms with Crippen molar-refractivity contribution < 1.29 is 4.90 Å². The van der Waals surface area contributed by atoms with Crippen LogP contribution in [0.1, 0.15) is 36.6 Å². The molecule has 28 heavy (non-hydrogen) atoms. The lowest BCUT2D eigenvalue weighted by Crippen LogP contribution is -3.11. The van der Waals surface area contributed by atoms with E-state index in [9.17, 15) is 0 Å². The summed E-state index contributed by atoms with van der Waals surface area (Å²) in [6.07, 6.45) is 5.92. The van der Waals surface area contributed by atoms with Crippen LogP contribution in [0.4, 0.5) is 0 Å². The lowest BCUT2D eigenvalue weighted by molar-refractivity contribution is -0.918. The number of aromatic nitrogens is 3.